The average molecular weight is 350 g/mol. The Morgan fingerprint density at radius 2 is 1.96 bits per heavy atom. The molecular weight excluding hydrogens is 328 g/mol. The molecule has 0 aliphatic rings. The number of carbonyl (C=O) groups is 2. The molecule has 0 aliphatic carbocycles. The van der Waals surface area contributed by atoms with Gasteiger partial charge in [0.25, 0.3) is 0 Å². The van der Waals surface area contributed by atoms with Crippen molar-refractivity contribution in [1.82, 2.24) is 10.3 Å². The first-order valence-corrected chi connectivity index (χ1v) is 7.76. The third-order valence-electron chi connectivity index (χ3n) is 3.50. The lowest BCUT2D eigenvalue weighted by Gasteiger charge is -2.22. The average Bonchev–Trinajstić information content (AvgIpc) is 2.93. The molecule has 0 spiro atoms. The van der Waals surface area contributed by atoms with Crippen LogP contribution in [0, 0.1) is 0 Å². The molecule has 8 heteroatoms. The van der Waals surface area contributed by atoms with Gasteiger partial charge in [0.05, 0.1) is 5.56 Å². The van der Waals surface area contributed by atoms with E-state index in [4.69, 9.17) is 9.84 Å². The molecule has 0 saturated heterocycles. The second-order valence-corrected chi connectivity index (χ2v) is 6.71. The fraction of sp³-hybridized carbons (Fsp3) is 0.412. The number of nitrogens with one attached hydrogen (secondary N) is 2. The van der Waals surface area contributed by atoms with Crippen LogP contribution in [0.4, 0.5) is 4.79 Å². The third kappa shape index (κ3) is 4.71. The van der Waals surface area contributed by atoms with Crippen molar-refractivity contribution >= 4 is 23.0 Å². The molecule has 136 valence electrons. The van der Waals surface area contributed by atoms with E-state index in [-0.39, 0.29) is 12.1 Å². The summed E-state index contributed by atoms with van der Waals surface area (Å²) in [4.78, 5) is 25.6. The van der Waals surface area contributed by atoms with Gasteiger partial charge >= 0.3 is 12.1 Å². The Morgan fingerprint density at radius 3 is 2.56 bits per heavy atom. The van der Waals surface area contributed by atoms with Crippen molar-refractivity contribution in [3.05, 3.63) is 35.5 Å². The smallest absolute Gasteiger partial charge is 0.407 e. The summed E-state index contributed by atoms with van der Waals surface area (Å²) < 4.78 is 5.05. The van der Waals surface area contributed by atoms with Crippen molar-refractivity contribution in [2.24, 2.45) is 0 Å². The van der Waals surface area contributed by atoms with Gasteiger partial charge in [0.2, 0.25) is 0 Å². The Balaban J connectivity index is 2.07. The molecule has 2 atom stereocenters. The second kappa shape index (κ2) is 7.12. The standard InChI is InChI=1S/C17H22N2O6/c1-17(2,3)25-16(24)19-8-13(20)14(21)9-4-5-12-10(6-9)11(7-18-12)15(22)23/h4-7,13-14,18,20-21H,8H2,1-3H3,(H,19,24)(H,22,23). The van der Waals surface area contributed by atoms with Crippen molar-refractivity contribution in [3.63, 3.8) is 0 Å². The van der Waals surface area contributed by atoms with E-state index in [0.29, 0.717) is 16.5 Å². The van der Waals surface area contributed by atoms with Crippen molar-refractivity contribution < 1.29 is 29.6 Å². The number of fused-ring (bicyclic) bond motifs is 1. The highest BCUT2D eigenvalue weighted by molar-refractivity contribution is 6.03. The minimum absolute atomic E-state index is 0.0745. The van der Waals surface area contributed by atoms with Crippen molar-refractivity contribution in [2.45, 2.75) is 38.6 Å². The summed E-state index contributed by atoms with van der Waals surface area (Å²) in [6.45, 7) is 4.92. The predicted octanol–water partition coefficient (Wildman–Crippen LogP) is 1.79. The monoisotopic (exact) mass is 350 g/mol. The van der Waals surface area contributed by atoms with E-state index in [2.05, 4.69) is 10.3 Å². The first-order valence-electron chi connectivity index (χ1n) is 7.76. The summed E-state index contributed by atoms with van der Waals surface area (Å²) in [7, 11) is 0. The molecular formula is C17H22N2O6. The number of aromatic carboxylic acids is 1. The van der Waals surface area contributed by atoms with E-state index in [1.165, 1.54) is 12.3 Å². The van der Waals surface area contributed by atoms with Crippen molar-refractivity contribution in [2.75, 3.05) is 6.54 Å². The fourth-order valence-corrected chi connectivity index (χ4v) is 2.34. The number of benzene rings is 1. The van der Waals surface area contributed by atoms with E-state index in [0.717, 1.165) is 0 Å². The Hall–Kier alpha value is -2.58. The van der Waals surface area contributed by atoms with E-state index < -0.39 is 29.9 Å². The molecule has 0 fully saturated rings. The maximum absolute atomic E-state index is 11.6. The molecule has 8 nitrogen and oxygen atoms in total. The van der Waals surface area contributed by atoms with Crippen LogP contribution in [-0.4, -0.2) is 50.6 Å². The van der Waals surface area contributed by atoms with Gasteiger partial charge in [-0.05, 0) is 38.5 Å². The number of aromatic amines is 1. The SMILES string of the molecule is CC(C)(C)OC(=O)NCC(O)C(O)c1ccc2[nH]cc(C(=O)O)c2c1. The molecule has 1 heterocycles. The zero-order valence-electron chi connectivity index (χ0n) is 14.2. The molecule has 2 rings (SSSR count). The van der Waals surface area contributed by atoms with Crippen LogP contribution in [0.25, 0.3) is 10.9 Å². The number of aliphatic hydroxyl groups excluding tert-OH is 2. The van der Waals surface area contributed by atoms with Gasteiger partial charge in [0.15, 0.2) is 0 Å². The number of H-pyrrole nitrogens is 1. The van der Waals surface area contributed by atoms with Gasteiger partial charge in [0, 0.05) is 23.6 Å². The number of hydrogen-bond donors (Lipinski definition) is 5. The number of aliphatic hydroxyl groups is 2. The summed E-state index contributed by atoms with van der Waals surface area (Å²) in [6, 6.07) is 4.69. The van der Waals surface area contributed by atoms with Crippen molar-refractivity contribution in [1.29, 1.82) is 0 Å². The molecule has 0 aliphatic heterocycles. The zero-order chi connectivity index (χ0) is 18.8. The minimum Gasteiger partial charge on any atom is -0.478 e. The third-order valence-corrected chi connectivity index (χ3v) is 3.50. The lowest BCUT2D eigenvalue weighted by molar-refractivity contribution is 0.0130. The molecule has 0 saturated carbocycles. The van der Waals surface area contributed by atoms with Gasteiger partial charge in [-0.25, -0.2) is 9.59 Å². The minimum atomic E-state index is -1.30. The van der Waals surface area contributed by atoms with Crippen molar-refractivity contribution in [3.8, 4) is 0 Å². The molecule has 5 N–H and O–H groups in total. The number of carboxylic acid groups (broad SMARTS) is 1. The topological polar surface area (TPSA) is 132 Å². The van der Waals surface area contributed by atoms with Crippen LogP contribution in [0.3, 0.4) is 0 Å². The van der Waals surface area contributed by atoms with Crippen LogP contribution in [0.15, 0.2) is 24.4 Å². The molecule has 1 amide bonds. The molecule has 0 bridgehead atoms. The molecule has 25 heavy (non-hydrogen) atoms. The van der Waals surface area contributed by atoms with Crippen LogP contribution in [-0.2, 0) is 4.74 Å². The first-order chi connectivity index (χ1) is 11.6. The lowest BCUT2D eigenvalue weighted by atomic mass is 10.0. The largest absolute Gasteiger partial charge is 0.478 e. The predicted molar refractivity (Wildman–Crippen MR) is 90.5 cm³/mol. The maximum Gasteiger partial charge on any atom is 0.407 e. The van der Waals surface area contributed by atoms with Crippen LogP contribution >= 0.6 is 0 Å². The van der Waals surface area contributed by atoms with Crippen LogP contribution < -0.4 is 5.32 Å². The lowest BCUT2D eigenvalue weighted by Crippen LogP contribution is -2.38. The van der Waals surface area contributed by atoms with E-state index >= 15 is 0 Å². The molecule has 0 radical (unpaired) electrons. The summed E-state index contributed by atoms with van der Waals surface area (Å²) in [5.74, 6) is -1.09. The van der Waals surface area contributed by atoms with Gasteiger partial charge < -0.3 is 30.4 Å². The highest BCUT2D eigenvalue weighted by atomic mass is 16.6. The van der Waals surface area contributed by atoms with Gasteiger partial charge in [-0.3, -0.25) is 0 Å². The van der Waals surface area contributed by atoms with Gasteiger partial charge in [-0.2, -0.15) is 0 Å². The quantitative estimate of drug-likeness (QED) is 0.558. The van der Waals surface area contributed by atoms with Crippen LogP contribution in [0.2, 0.25) is 0 Å². The number of carboxylic acids is 1. The summed E-state index contributed by atoms with van der Waals surface area (Å²) >= 11 is 0. The highest BCUT2D eigenvalue weighted by Gasteiger charge is 2.22. The number of hydrogen-bond acceptors (Lipinski definition) is 5. The number of ether oxygens (including phenoxy) is 1. The number of amides is 1. The Kier molecular flexibility index (Phi) is 5.34. The Bertz CT molecular complexity index is 777. The van der Waals surface area contributed by atoms with Gasteiger partial charge in [-0.1, -0.05) is 6.07 Å². The normalized spacial score (nSPS) is 14.1. The van der Waals surface area contributed by atoms with Gasteiger partial charge in [0.1, 0.15) is 17.8 Å². The number of carbonyl (C=O) groups excluding carboxylic acids is 1. The number of aromatic nitrogens is 1. The Morgan fingerprint density at radius 1 is 1.28 bits per heavy atom. The maximum atomic E-state index is 11.6. The van der Waals surface area contributed by atoms with Gasteiger partial charge in [-0.15, -0.1) is 0 Å². The van der Waals surface area contributed by atoms with Crippen LogP contribution in [0.1, 0.15) is 42.8 Å². The first kappa shape index (κ1) is 18.8. The molecule has 1 aromatic carbocycles. The molecule has 1 aromatic heterocycles. The number of rotatable bonds is 5. The number of alkyl carbamates (subject to hydrolysis) is 1. The zero-order valence-corrected chi connectivity index (χ0v) is 14.2. The van der Waals surface area contributed by atoms with E-state index in [1.807, 2.05) is 0 Å². The van der Waals surface area contributed by atoms with E-state index in [1.54, 1.807) is 32.9 Å². The summed E-state index contributed by atoms with van der Waals surface area (Å²) in [5.41, 5.74) is 0.355. The van der Waals surface area contributed by atoms with Crippen LogP contribution in [0.5, 0.6) is 0 Å². The second-order valence-electron chi connectivity index (χ2n) is 6.71. The Labute approximate surface area is 144 Å². The molecule has 2 unspecified atom stereocenters. The summed E-state index contributed by atoms with van der Waals surface area (Å²) in [5, 5.41) is 32.3. The summed E-state index contributed by atoms with van der Waals surface area (Å²) in [6.07, 6.45) is -1.91. The van der Waals surface area contributed by atoms with E-state index in [9.17, 15) is 19.8 Å². The fourth-order valence-electron chi connectivity index (χ4n) is 2.34. The molecule has 2 aromatic rings. The highest BCUT2D eigenvalue weighted by Crippen LogP contribution is 2.25.